The number of aliphatic hydroxyl groups is 1. The largest absolute Gasteiger partial charge is 0.466 e. The number of unbranched alkanes of at least 4 members (excludes halogenated alkanes) is 24. The summed E-state index contributed by atoms with van der Waals surface area (Å²) in [4.78, 5) is 24.7. The first-order chi connectivity index (χ1) is 24.6. The summed E-state index contributed by atoms with van der Waals surface area (Å²) in [7, 11) is 0. The van der Waals surface area contributed by atoms with Crippen molar-refractivity contribution in [1.82, 2.24) is 0 Å². The Bertz CT molecular complexity index is 679. The summed E-state index contributed by atoms with van der Waals surface area (Å²) in [6.45, 7) is 7.64. The Labute approximate surface area is 312 Å². The van der Waals surface area contributed by atoms with Crippen LogP contribution in [0.15, 0.2) is 0 Å². The van der Waals surface area contributed by atoms with Crippen LogP contribution < -0.4 is 0 Å². The summed E-state index contributed by atoms with van der Waals surface area (Å²) in [6.07, 6.45) is 42.1. The number of carbonyl (C=O) groups excluding carboxylic acids is 2. The second-order valence-electron chi connectivity index (χ2n) is 15.6. The van der Waals surface area contributed by atoms with Crippen molar-refractivity contribution in [2.45, 2.75) is 258 Å². The molecule has 0 aliphatic rings. The van der Waals surface area contributed by atoms with Crippen molar-refractivity contribution in [2.75, 3.05) is 13.2 Å². The molecule has 0 spiro atoms. The van der Waals surface area contributed by atoms with Crippen molar-refractivity contribution in [1.29, 1.82) is 0 Å². The summed E-state index contributed by atoms with van der Waals surface area (Å²) in [6, 6.07) is 0. The van der Waals surface area contributed by atoms with E-state index in [0.717, 1.165) is 51.4 Å². The van der Waals surface area contributed by atoms with Gasteiger partial charge in [-0.2, -0.15) is 0 Å². The molecule has 0 aromatic heterocycles. The summed E-state index contributed by atoms with van der Waals surface area (Å²) >= 11 is 0. The van der Waals surface area contributed by atoms with Crippen molar-refractivity contribution < 1.29 is 24.2 Å². The quantitative estimate of drug-likeness (QED) is 0.0505. The van der Waals surface area contributed by atoms with E-state index in [9.17, 15) is 14.7 Å². The molecule has 0 aromatic rings. The summed E-state index contributed by atoms with van der Waals surface area (Å²) in [5.41, 5.74) is 0. The molecule has 0 aromatic carbocycles. The Kier molecular flexibility index (Phi) is 39.8. The standard InChI is InChI=1S/C45H88O5/c1-4-7-10-13-16-25-32-41-49-44(47)37-30-23-17-19-26-33-42(39-40-46)34-27-20-18-24-31-38-45(48)50-43(35-28-21-14-11-8-5-2)36-29-22-15-12-9-6-3/h42-43,46H,4-41H2,1-3H3. The second-order valence-corrected chi connectivity index (χ2v) is 15.6. The maximum Gasteiger partial charge on any atom is 0.306 e. The third-order valence-electron chi connectivity index (χ3n) is 10.6. The van der Waals surface area contributed by atoms with Gasteiger partial charge in [0.15, 0.2) is 0 Å². The van der Waals surface area contributed by atoms with E-state index in [4.69, 9.17) is 9.47 Å². The van der Waals surface area contributed by atoms with Crippen molar-refractivity contribution in [3.05, 3.63) is 0 Å². The highest BCUT2D eigenvalue weighted by Crippen LogP contribution is 2.23. The smallest absolute Gasteiger partial charge is 0.306 e. The lowest BCUT2D eigenvalue weighted by molar-refractivity contribution is -0.150. The Morgan fingerprint density at radius 2 is 0.780 bits per heavy atom. The predicted octanol–water partition coefficient (Wildman–Crippen LogP) is 14.2. The van der Waals surface area contributed by atoms with Crippen LogP contribution in [0.1, 0.15) is 252 Å². The number of aliphatic hydroxyl groups excluding tert-OH is 1. The van der Waals surface area contributed by atoms with Crippen LogP contribution in [-0.4, -0.2) is 36.4 Å². The molecule has 1 unspecified atom stereocenters. The lowest BCUT2D eigenvalue weighted by atomic mass is 9.92. The van der Waals surface area contributed by atoms with Gasteiger partial charge in [-0.05, 0) is 57.3 Å². The molecule has 0 fully saturated rings. The molecule has 0 heterocycles. The van der Waals surface area contributed by atoms with E-state index in [1.807, 2.05) is 0 Å². The maximum atomic E-state index is 12.7. The molecule has 5 heteroatoms. The van der Waals surface area contributed by atoms with Crippen LogP contribution in [0.3, 0.4) is 0 Å². The number of esters is 2. The van der Waals surface area contributed by atoms with Crippen LogP contribution in [0.4, 0.5) is 0 Å². The molecule has 1 atom stereocenters. The van der Waals surface area contributed by atoms with Gasteiger partial charge in [-0.1, -0.05) is 188 Å². The van der Waals surface area contributed by atoms with Gasteiger partial charge in [-0.3, -0.25) is 9.59 Å². The minimum atomic E-state index is -0.0230. The lowest BCUT2D eigenvalue weighted by Crippen LogP contribution is -2.18. The fourth-order valence-corrected chi connectivity index (χ4v) is 7.21. The summed E-state index contributed by atoms with van der Waals surface area (Å²) in [5.74, 6) is 0.616. The van der Waals surface area contributed by atoms with Crippen molar-refractivity contribution in [3.8, 4) is 0 Å². The zero-order chi connectivity index (χ0) is 36.6. The molecular weight excluding hydrogens is 620 g/mol. The van der Waals surface area contributed by atoms with Crippen molar-refractivity contribution in [3.63, 3.8) is 0 Å². The number of rotatable bonds is 41. The van der Waals surface area contributed by atoms with Crippen LogP contribution in [-0.2, 0) is 19.1 Å². The second kappa shape index (κ2) is 40.7. The highest BCUT2D eigenvalue weighted by atomic mass is 16.5. The van der Waals surface area contributed by atoms with E-state index in [1.54, 1.807) is 0 Å². The first kappa shape index (κ1) is 48.9. The molecule has 5 nitrogen and oxygen atoms in total. The van der Waals surface area contributed by atoms with Crippen LogP contribution in [0, 0.1) is 5.92 Å². The lowest BCUT2D eigenvalue weighted by Gasteiger charge is -2.18. The summed E-state index contributed by atoms with van der Waals surface area (Å²) < 4.78 is 11.4. The van der Waals surface area contributed by atoms with Crippen LogP contribution in [0.5, 0.6) is 0 Å². The third kappa shape index (κ3) is 36.7. The molecule has 0 rings (SSSR count). The van der Waals surface area contributed by atoms with E-state index >= 15 is 0 Å². The predicted molar refractivity (Wildman–Crippen MR) is 215 cm³/mol. The van der Waals surface area contributed by atoms with Gasteiger partial charge in [-0.15, -0.1) is 0 Å². The van der Waals surface area contributed by atoms with Gasteiger partial charge >= 0.3 is 11.9 Å². The molecule has 0 radical (unpaired) electrons. The summed E-state index contributed by atoms with van der Waals surface area (Å²) in [5, 5.41) is 9.58. The Morgan fingerprint density at radius 1 is 0.420 bits per heavy atom. The van der Waals surface area contributed by atoms with E-state index in [-0.39, 0.29) is 24.6 Å². The number of hydrogen-bond acceptors (Lipinski definition) is 5. The van der Waals surface area contributed by atoms with E-state index in [0.29, 0.717) is 25.4 Å². The Hall–Kier alpha value is -1.10. The van der Waals surface area contributed by atoms with E-state index < -0.39 is 0 Å². The van der Waals surface area contributed by atoms with Crippen molar-refractivity contribution >= 4 is 11.9 Å². The van der Waals surface area contributed by atoms with Gasteiger partial charge in [0.2, 0.25) is 0 Å². The molecule has 298 valence electrons. The van der Waals surface area contributed by atoms with Gasteiger partial charge < -0.3 is 14.6 Å². The third-order valence-corrected chi connectivity index (χ3v) is 10.6. The number of carbonyl (C=O) groups is 2. The van der Waals surface area contributed by atoms with Gasteiger partial charge in [0.1, 0.15) is 6.10 Å². The van der Waals surface area contributed by atoms with Crippen molar-refractivity contribution in [2.24, 2.45) is 5.92 Å². The average Bonchev–Trinajstić information content (AvgIpc) is 3.11. The molecule has 0 amide bonds. The Morgan fingerprint density at radius 3 is 1.22 bits per heavy atom. The number of hydrogen-bond donors (Lipinski definition) is 1. The molecule has 1 N–H and O–H groups in total. The topological polar surface area (TPSA) is 72.8 Å². The fourth-order valence-electron chi connectivity index (χ4n) is 7.21. The Balaban J connectivity index is 3.94. The molecule has 0 aliphatic carbocycles. The average molecular weight is 709 g/mol. The maximum absolute atomic E-state index is 12.7. The van der Waals surface area contributed by atoms with E-state index in [1.165, 1.54) is 167 Å². The first-order valence-corrected chi connectivity index (χ1v) is 22.5. The van der Waals surface area contributed by atoms with Gasteiger partial charge in [0, 0.05) is 19.4 Å². The highest BCUT2D eigenvalue weighted by Gasteiger charge is 2.14. The normalized spacial score (nSPS) is 12.1. The molecule has 0 saturated heterocycles. The zero-order valence-electron chi connectivity index (χ0n) is 34.1. The SMILES string of the molecule is CCCCCCCCCOC(=O)CCCCCCCC(CCO)CCCCCCCC(=O)OC(CCCCCCCC)CCCCCCCC. The number of ether oxygens (including phenoxy) is 2. The molecule has 0 bridgehead atoms. The monoisotopic (exact) mass is 709 g/mol. The first-order valence-electron chi connectivity index (χ1n) is 22.5. The van der Waals surface area contributed by atoms with Gasteiger partial charge in [0.25, 0.3) is 0 Å². The van der Waals surface area contributed by atoms with Crippen LogP contribution in [0.2, 0.25) is 0 Å². The fraction of sp³-hybridized carbons (Fsp3) is 0.956. The molecule has 0 aliphatic heterocycles. The zero-order valence-corrected chi connectivity index (χ0v) is 34.1. The van der Waals surface area contributed by atoms with Crippen LogP contribution >= 0.6 is 0 Å². The van der Waals surface area contributed by atoms with Gasteiger partial charge in [0.05, 0.1) is 6.61 Å². The molecule has 50 heavy (non-hydrogen) atoms. The highest BCUT2D eigenvalue weighted by molar-refractivity contribution is 5.69. The van der Waals surface area contributed by atoms with Gasteiger partial charge in [-0.25, -0.2) is 0 Å². The molecular formula is C45H88O5. The minimum Gasteiger partial charge on any atom is -0.466 e. The van der Waals surface area contributed by atoms with E-state index in [2.05, 4.69) is 20.8 Å². The molecule has 0 saturated carbocycles. The minimum absolute atomic E-state index is 0.0220. The van der Waals surface area contributed by atoms with Crippen LogP contribution in [0.25, 0.3) is 0 Å².